The van der Waals surface area contributed by atoms with Crippen molar-refractivity contribution in [1.29, 1.82) is 0 Å². The summed E-state index contributed by atoms with van der Waals surface area (Å²) < 4.78 is 0. The van der Waals surface area contributed by atoms with E-state index in [2.05, 4.69) is 15.8 Å². The molecule has 0 fully saturated rings. The number of nitrogens with one attached hydrogen (secondary N) is 2. The highest BCUT2D eigenvalue weighted by atomic mass is 32.2. The minimum Gasteiger partial charge on any atom is -0.268 e. The summed E-state index contributed by atoms with van der Waals surface area (Å²) in [6.07, 6.45) is 2.85. The fourth-order valence-corrected chi connectivity index (χ4v) is 2.06. The van der Waals surface area contributed by atoms with E-state index < -0.39 is 11.8 Å². The zero-order chi connectivity index (χ0) is 14.9. The third-order valence-electron chi connectivity index (χ3n) is 2.36. The van der Waals surface area contributed by atoms with Gasteiger partial charge in [-0.15, -0.1) is 0 Å². The standard InChI is InChI=1S/C15H13N3O2S/c19-14(9-11-21-12-6-2-1-3-7-12)17-18-15(20)13-8-4-5-10-16-13/h1-11H,(H,17,19)(H,18,20)/b11-9+. The zero-order valence-corrected chi connectivity index (χ0v) is 11.8. The maximum Gasteiger partial charge on any atom is 0.288 e. The van der Waals surface area contributed by atoms with E-state index in [1.807, 2.05) is 30.3 Å². The Labute approximate surface area is 126 Å². The van der Waals surface area contributed by atoms with E-state index in [0.29, 0.717) is 0 Å². The molecule has 0 saturated carbocycles. The van der Waals surface area contributed by atoms with Crippen molar-refractivity contribution in [2.24, 2.45) is 0 Å². The molecule has 0 atom stereocenters. The van der Waals surface area contributed by atoms with Gasteiger partial charge in [-0.25, -0.2) is 0 Å². The van der Waals surface area contributed by atoms with Crippen molar-refractivity contribution in [3.8, 4) is 0 Å². The van der Waals surface area contributed by atoms with Crippen LogP contribution >= 0.6 is 11.8 Å². The topological polar surface area (TPSA) is 71.1 Å². The van der Waals surface area contributed by atoms with Gasteiger partial charge in [-0.1, -0.05) is 36.0 Å². The van der Waals surface area contributed by atoms with Crippen molar-refractivity contribution in [2.75, 3.05) is 0 Å². The molecule has 0 aliphatic heterocycles. The molecule has 2 aromatic rings. The highest BCUT2D eigenvalue weighted by molar-refractivity contribution is 8.02. The molecule has 2 N–H and O–H groups in total. The van der Waals surface area contributed by atoms with Crippen molar-refractivity contribution >= 4 is 23.6 Å². The van der Waals surface area contributed by atoms with Crippen LogP contribution in [-0.4, -0.2) is 16.8 Å². The molecular formula is C15H13N3O2S. The number of hydrogen-bond donors (Lipinski definition) is 2. The van der Waals surface area contributed by atoms with Gasteiger partial charge in [0.05, 0.1) is 0 Å². The molecule has 6 heteroatoms. The number of hydrogen-bond acceptors (Lipinski definition) is 4. The molecule has 0 aliphatic carbocycles. The van der Waals surface area contributed by atoms with Crippen LogP contribution in [0.15, 0.2) is 71.1 Å². The predicted octanol–water partition coefficient (Wildman–Crippen LogP) is 2.15. The molecule has 2 rings (SSSR count). The lowest BCUT2D eigenvalue weighted by Gasteiger charge is -2.04. The smallest absolute Gasteiger partial charge is 0.268 e. The van der Waals surface area contributed by atoms with Crippen LogP contribution in [0.4, 0.5) is 0 Å². The van der Waals surface area contributed by atoms with Gasteiger partial charge in [0.2, 0.25) is 0 Å². The summed E-state index contributed by atoms with van der Waals surface area (Å²) in [6, 6.07) is 14.6. The molecule has 2 amide bonds. The number of aromatic nitrogens is 1. The van der Waals surface area contributed by atoms with Gasteiger partial charge in [-0.05, 0) is 29.7 Å². The average molecular weight is 299 g/mol. The monoisotopic (exact) mass is 299 g/mol. The van der Waals surface area contributed by atoms with Gasteiger partial charge in [-0.2, -0.15) is 0 Å². The van der Waals surface area contributed by atoms with E-state index in [9.17, 15) is 9.59 Å². The molecule has 1 aromatic carbocycles. The maximum atomic E-state index is 11.6. The van der Waals surface area contributed by atoms with E-state index in [1.54, 1.807) is 23.6 Å². The van der Waals surface area contributed by atoms with Gasteiger partial charge in [0.25, 0.3) is 11.8 Å². The largest absolute Gasteiger partial charge is 0.288 e. The fraction of sp³-hybridized carbons (Fsp3) is 0. The Hall–Kier alpha value is -2.60. The number of thioether (sulfide) groups is 1. The van der Waals surface area contributed by atoms with Crippen molar-refractivity contribution in [3.63, 3.8) is 0 Å². The number of rotatable bonds is 4. The fourth-order valence-electron chi connectivity index (χ4n) is 1.39. The lowest BCUT2D eigenvalue weighted by Crippen LogP contribution is -2.41. The quantitative estimate of drug-likeness (QED) is 0.515. The first-order valence-electron chi connectivity index (χ1n) is 6.15. The molecule has 106 valence electrons. The van der Waals surface area contributed by atoms with Gasteiger partial charge in [0.1, 0.15) is 5.69 Å². The molecule has 0 radical (unpaired) electrons. The van der Waals surface area contributed by atoms with Crippen LogP contribution in [0.3, 0.4) is 0 Å². The van der Waals surface area contributed by atoms with Gasteiger partial charge in [0.15, 0.2) is 0 Å². The van der Waals surface area contributed by atoms with Crippen LogP contribution < -0.4 is 10.9 Å². The lowest BCUT2D eigenvalue weighted by atomic mass is 10.3. The Morgan fingerprint density at radius 2 is 1.76 bits per heavy atom. The minimum absolute atomic E-state index is 0.237. The zero-order valence-electron chi connectivity index (χ0n) is 11.0. The molecular weight excluding hydrogens is 286 g/mol. The second-order valence-electron chi connectivity index (χ2n) is 3.89. The van der Waals surface area contributed by atoms with Gasteiger partial charge in [-0.3, -0.25) is 25.4 Å². The molecule has 0 aliphatic rings. The highest BCUT2D eigenvalue weighted by Crippen LogP contribution is 2.17. The lowest BCUT2D eigenvalue weighted by molar-refractivity contribution is -0.117. The van der Waals surface area contributed by atoms with E-state index in [-0.39, 0.29) is 5.69 Å². The first-order chi connectivity index (χ1) is 10.3. The number of hydrazine groups is 1. The Kier molecular flexibility index (Phi) is 5.54. The molecule has 21 heavy (non-hydrogen) atoms. The summed E-state index contributed by atoms with van der Waals surface area (Å²) in [5, 5.41) is 1.65. The molecule has 0 unspecified atom stereocenters. The molecule has 0 spiro atoms. The highest BCUT2D eigenvalue weighted by Gasteiger charge is 2.05. The molecule has 0 bridgehead atoms. The Bertz CT molecular complexity index is 630. The van der Waals surface area contributed by atoms with Gasteiger partial charge >= 0.3 is 0 Å². The van der Waals surface area contributed by atoms with E-state index in [1.165, 1.54) is 24.0 Å². The predicted molar refractivity (Wildman–Crippen MR) is 81.3 cm³/mol. The van der Waals surface area contributed by atoms with Crippen LogP contribution in [0.25, 0.3) is 0 Å². The SMILES string of the molecule is O=C(/C=C/Sc1ccccc1)NNC(=O)c1ccccn1. The first-order valence-corrected chi connectivity index (χ1v) is 7.03. The third kappa shape index (κ3) is 5.12. The van der Waals surface area contributed by atoms with Gasteiger partial charge in [0, 0.05) is 17.2 Å². The number of carbonyl (C=O) groups is 2. The number of nitrogens with zero attached hydrogens (tertiary/aromatic N) is 1. The van der Waals surface area contributed by atoms with Crippen molar-refractivity contribution in [1.82, 2.24) is 15.8 Å². The Morgan fingerprint density at radius 3 is 2.48 bits per heavy atom. The molecule has 1 aromatic heterocycles. The van der Waals surface area contributed by atoms with Gasteiger partial charge < -0.3 is 0 Å². The number of carbonyl (C=O) groups excluding carboxylic acids is 2. The molecule has 1 heterocycles. The summed E-state index contributed by atoms with van der Waals surface area (Å²) in [4.78, 5) is 28.0. The summed E-state index contributed by atoms with van der Waals surface area (Å²) in [5.74, 6) is -0.879. The molecule has 0 saturated heterocycles. The van der Waals surface area contributed by atoms with Crippen LogP contribution in [-0.2, 0) is 4.79 Å². The van der Waals surface area contributed by atoms with Crippen LogP contribution in [0.2, 0.25) is 0 Å². The van der Waals surface area contributed by atoms with E-state index >= 15 is 0 Å². The summed E-state index contributed by atoms with van der Waals surface area (Å²) in [6.45, 7) is 0. The summed E-state index contributed by atoms with van der Waals surface area (Å²) >= 11 is 1.41. The maximum absolute atomic E-state index is 11.6. The minimum atomic E-state index is -0.465. The first kappa shape index (κ1) is 14.8. The van der Waals surface area contributed by atoms with Crippen molar-refractivity contribution in [3.05, 3.63) is 71.9 Å². The molecule has 5 nitrogen and oxygen atoms in total. The average Bonchev–Trinajstić information content (AvgIpc) is 2.54. The Balaban J connectivity index is 1.76. The second-order valence-corrected chi connectivity index (χ2v) is 4.87. The van der Waals surface area contributed by atoms with Crippen molar-refractivity contribution in [2.45, 2.75) is 4.90 Å². The number of benzene rings is 1. The summed E-state index contributed by atoms with van der Waals surface area (Å²) in [7, 11) is 0. The number of amides is 2. The van der Waals surface area contributed by atoms with Crippen LogP contribution in [0.5, 0.6) is 0 Å². The second kappa shape index (κ2) is 7.86. The van der Waals surface area contributed by atoms with E-state index in [4.69, 9.17) is 0 Å². The van der Waals surface area contributed by atoms with Crippen molar-refractivity contribution < 1.29 is 9.59 Å². The number of pyridine rings is 1. The third-order valence-corrected chi connectivity index (χ3v) is 3.18. The van der Waals surface area contributed by atoms with Crippen LogP contribution in [0.1, 0.15) is 10.5 Å². The summed E-state index contributed by atoms with van der Waals surface area (Å²) in [5.41, 5.74) is 4.81. The van der Waals surface area contributed by atoms with Crippen LogP contribution in [0, 0.1) is 0 Å². The normalized spacial score (nSPS) is 10.3. The Morgan fingerprint density at radius 1 is 1.00 bits per heavy atom. The van der Waals surface area contributed by atoms with E-state index in [0.717, 1.165) is 4.90 Å².